The first kappa shape index (κ1) is 14.9. The van der Waals surface area contributed by atoms with Gasteiger partial charge >= 0.3 is 0 Å². The highest BCUT2D eigenvalue weighted by Gasteiger charge is 2.41. The van der Waals surface area contributed by atoms with Gasteiger partial charge in [-0.15, -0.1) is 0 Å². The van der Waals surface area contributed by atoms with Crippen LogP contribution < -0.4 is 9.64 Å². The lowest BCUT2D eigenvalue weighted by atomic mass is 10.1. The van der Waals surface area contributed by atoms with Gasteiger partial charge in [-0.05, 0) is 20.8 Å². The molecule has 0 saturated carbocycles. The highest BCUT2D eigenvalue weighted by atomic mass is 19.3. The number of aromatic nitrogens is 2. The van der Waals surface area contributed by atoms with Gasteiger partial charge in [0.1, 0.15) is 5.60 Å². The van der Waals surface area contributed by atoms with Crippen molar-refractivity contribution in [1.29, 1.82) is 0 Å². The Kier molecular flexibility index (Phi) is 4.37. The van der Waals surface area contributed by atoms with Gasteiger partial charge in [0.25, 0.3) is 6.43 Å². The van der Waals surface area contributed by atoms with Crippen LogP contribution in [0.3, 0.4) is 0 Å². The first-order valence-corrected chi connectivity index (χ1v) is 6.56. The molecule has 1 saturated heterocycles. The molecule has 1 aliphatic heterocycles. The number of hydrogen-bond acceptors (Lipinski definition) is 5. The minimum absolute atomic E-state index is 0.0370. The fourth-order valence-electron chi connectivity index (χ4n) is 2.00. The molecule has 5 nitrogen and oxygen atoms in total. The Morgan fingerprint density at radius 3 is 2.55 bits per heavy atom. The SMILES string of the molecule is CC(C)Oc1cnc(N2CCOC(C)(C(F)F)C2)nc1. The number of rotatable bonds is 4. The summed E-state index contributed by atoms with van der Waals surface area (Å²) >= 11 is 0. The number of ether oxygens (including phenoxy) is 2. The first-order chi connectivity index (χ1) is 9.40. The molecule has 0 radical (unpaired) electrons. The summed E-state index contributed by atoms with van der Waals surface area (Å²) in [6.07, 6.45) is 0.596. The van der Waals surface area contributed by atoms with Crippen LogP contribution in [0.2, 0.25) is 0 Å². The largest absolute Gasteiger partial charge is 0.488 e. The van der Waals surface area contributed by atoms with E-state index in [-0.39, 0.29) is 19.3 Å². The number of morpholine rings is 1. The summed E-state index contributed by atoms with van der Waals surface area (Å²) in [5.41, 5.74) is -1.48. The molecule has 1 aromatic heterocycles. The van der Waals surface area contributed by atoms with Crippen LogP contribution in [-0.4, -0.2) is 47.8 Å². The highest BCUT2D eigenvalue weighted by molar-refractivity contribution is 5.33. The van der Waals surface area contributed by atoms with Crippen molar-refractivity contribution in [1.82, 2.24) is 9.97 Å². The number of nitrogens with zero attached hydrogens (tertiary/aromatic N) is 3. The van der Waals surface area contributed by atoms with Crippen LogP contribution in [0.1, 0.15) is 20.8 Å². The van der Waals surface area contributed by atoms with Gasteiger partial charge in [-0.25, -0.2) is 18.7 Å². The van der Waals surface area contributed by atoms with E-state index in [0.29, 0.717) is 18.2 Å². The van der Waals surface area contributed by atoms with E-state index in [0.717, 1.165) is 0 Å². The van der Waals surface area contributed by atoms with E-state index in [1.54, 1.807) is 17.3 Å². The Hall–Kier alpha value is -1.50. The van der Waals surface area contributed by atoms with Crippen molar-refractivity contribution in [3.63, 3.8) is 0 Å². The molecule has 0 N–H and O–H groups in total. The van der Waals surface area contributed by atoms with Gasteiger partial charge in [0.05, 0.1) is 31.6 Å². The third-order valence-electron chi connectivity index (χ3n) is 3.03. The topological polar surface area (TPSA) is 47.5 Å². The molecule has 2 heterocycles. The average Bonchev–Trinajstić information content (AvgIpc) is 2.39. The Balaban J connectivity index is 2.07. The summed E-state index contributed by atoms with van der Waals surface area (Å²) in [5, 5.41) is 0. The fourth-order valence-corrected chi connectivity index (χ4v) is 2.00. The van der Waals surface area contributed by atoms with Crippen molar-refractivity contribution in [3.8, 4) is 5.75 Å². The molecule has 0 spiro atoms. The monoisotopic (exact) mass is 287 g/mol. The number of hydrogen-bond donors (Lipinski definition) is 0. The minimum Gasteiger partial charge on any atom is -0.488 e. The molecule has 0 bridgehead atoms. The Morgan fingerprint density at radius 2 is 2.00 bits per heavy atom. The molecule has 112 valence electrons. The van der Waals surface area contributed by atoms with Crippen LogP contribution in [0, 0.1) is 0 Å². The Bertz CT molecular complexity index is 442. The van der Waals surface area contributed by atoms with Gasteiger partial charge in [-0.2, -0.15) is 0 Å². The van der Waals surface area contributed by atoms with Crippen molar-refractivity contribution in [3.05, 3.63) is 12.4 Å². The molecular weight excluding hydrogens is 268 g/mol. The summed E-state index contributed by atoms with van der Waals surface area (Å²) in [4.78, 5) is 10.0. The molecule has 0 amide bonds. The van der Waals surface area contributed by atoms with E-state index in [1.807, 2.05) is 13.8 Å². The second kappa shape index (κ2) is 5.87. The maximum Gasteiger partial charge on any atom is 0.268 e. The van der Waals surface area contributed by atoms with E-state index < -0.39 is 12.0 Å². The van der Waals surface area contributed by atoms with E-state index >= 15 is 0 Å². The van der Waals surface area contributed by atoms with Crippen molar-refractivity contribution in [2.24, 2.45) is 0 Å². The third kappa shape index (κ3) is 3.33. The molecule has 0 aromatic carbocycles. The lowest BCUT2D eigenvalue weighted by Gasteiger charge is -2.39. The molecule has 1 aliphatic rings. The van der Waals surface area contributed by atoms with Crippen LogP contribution in [0.15, 0.2) is 12.4 Å². The normalized spacial score (nSPS) is 23.4. The molecule has 1 fully saturated rings. The summed E-state index contributed by atoms with van der Waals surface area (Å²) in [6, 6.07) is 0. The van der Waals surface area contributed by atoms with E-state index in [4.69, 9.17) is 9.47 Å². The maximum atomic E-state index is 13.0. The zero-order chi connectivity index (χ0) is 14.8. The molecule has 7 heteroatoms. The Morgan fingerprint density at radius 1 is 1.35 bits per heavy atom. The molecular formula is C13H19F2N3O2. The average molecular weight is 287 g/mol. The minimum atomic E-state index is -2.55. The van der Waals surface area contributed by atoms with Crippen LogP contribution in [-0.2, 0) is 4.74 Å². The third-order valence-corrected chi connectivity index (χ3v) is 3.03. The lowest BCUT2D eigenvalue weighted by molar-refractivity contribution is -0.134. The molecule has 20 heavy (non-hydrogen) atoms. The van der Waals surface area contributed by atoms with Crippen LogP contribution in [0.25, 0.3) is 0 Å². The zero-order valence-electron chi connectivity index (χ0n) is 11.8. The van der Waals surface area contributed by atoms with Crippen LogP contribution >= 0.6 is 0 Å². The van der Waals surface area contributed by atoms with Gasteiger partial charge in [-0.3, -0.25) is 0 Å². The second-order valence-electron chi connectivity index (χ2n) is 5.27. The van der Waals surface area contributed by atoms with Gasteiger partial charge in [-0.1, -0.05) is 0 Å². The van der Waals surface area contributed by atoms with E-state index in [1.165, 1.54) is 6.92 Å². The van der Waals surface area contributed by atoms with Crippen LogP contribution in [0.5, 0.6) is 5.75 Å². The standard InChI is InChI=1S/C13H19F2N3O2/c1-9(2)20-10-6-16-12(17-7-10)18-4-5-19-13(3,8-18)11(14)15/h6-7,9,11H,4-5,8H2,1-3H3. The number of anilines is 1. The quantitative estimate of drug-likeness (QED) is 0.849. The van der Waals surface area contributed by atoms with Gasteiger partial charge < -0.3 is 14.4 Å². The number of halogens is 2. The predicted molar refractivity (Wildman–Crippen MR) is 70.4 cm³/mol. The second-order valence-corrected chi connectivity index (χ2v) is 5.27. The molecule has 2 rings (SSSR count). The van der Waals surface area contributed by atoms with Gasteiger partial charge in [0.2, 0.25) is 5.95 Å². The Labute approximate surface area is 116 Å². The van der Waals surface area contributed by atoms with Crippen molar-refractivity contribution >= 4 is 5.95 Å². The summed E-state index contributed by atoms with van der Waals surface area (Å²) < 4.78 is 36.6. The molecule has 1 unspecified atom stereocenters. The van der Waals surface area contributed by atoms with Gasteiger partial charge in [0, 0.05) is 6.54 Å². The van der Waals surface area contributed by atoms with E-state index in [2.05, 4.69) is 9.97 Å². The lowest BCUT2D eigenvalue weighted by Crippen LogP contribution is -2.54. The van der Waals surface area contributed by atoms with Crippen molar-refractivity contribution in [2.75, 3.05) is 24.6 Å². The maximum absolute atomic E-state index is 13.0. The fraction of sp³-hybridized carbons (Fsp3) is 0.692. The highest BCUT2D eigenvalue weighted by Crippen LogP contribution is 2.27. The summed E-state index contributed by atoms with van der Waals surface area (Å²) in [6.45, 7) is 6.00. The van der Waals surface area contributed by atoms with Crippen molar-refractivity contribution in [2.45, 2.75) is 38.9 Å². The van der Waals surface area contributed by atoms with E-state index in [9.17, 15) is 8.78 Å². The zero-order valence-corrected chi connectivity index (χ0v) is 11.8. The molecule has 1 aromatic rings. The predicted octanol–water partition coefficient (Wildman–Crippen LogP) is 2.12. The van der Waals surface area contributed by atoms with Crippen molar-refractivity contribution < 1.29 is 18.3 Å². The first-order valence-electron chi connectivity index (χ1n) is 6.56. The van der Waals surface area contributed by atoms with Gasteiger partial charge in [0.15, 0.2) is 5.75 Å². The molecule has 0 aliphatic carbocycles. The smallest absolute Gasteiger partial charge is 0.268 e. The summed E-state index contributed by atoms with van der Waals surface area (Å²) in [5.74, 6) is 0.977. The molecule has 1 atom stereocenters. The summed E-state index contributed by atoms with van der Waals surface area (Å²) in [7, 11) is 0. The number of alkyl halides is 2. The van der Waals surface area contributed by atoms with Crippen LogP contribution in [0.4, 0.5) is 14.7 Å².